The average molecular weight is 796 g/mol. The van der Waals surface area contributed by atoms with E-state index in [0.717, 1.165) is 6.42 Å². The van der Waals surface area contributed by atoms with Crippen LogP contribution in [-0.2, 0) is 28.8 Å². The number of ketones is 1. The number of para-hydroxylation sites is 2. The summed E-state index contributed by atoms with van der Waals surface area (Å²) in [6.45, 7) is 7.74. The first kappa shape index (κ1) is 47.5. The molecule has 0 aliphatic heterocycles. The second kappa shape index (κ2) is 24.8. The molecule has 1 unspecified atom stereocenters. The lowest BCUT2D eigenvalue weighted by Gasteiger charge is -2.27. The molecule has 0 aliphatic rings. The number of hydrogen-bond acceptors (Lipinski definition) is 10. The number of carbonyl (C=O) groups is 7. The van der Waals surface area contributed by atoms with Crippen LogP contribution in [0.4, 0.5) is 0 Å². The van der Waals surface area contributed by atoms with Crippen LogP contribution in [0, 0.1) is 11.8 Å². The Balaban J connectivity index is 2.27. The number of Topliss-reactive ketones (excluding diaryl/α,β-unsaturated/α-hetero) is 1. The number of primary amides is 2. The van der Waals surface area contributed by atoms with E-state index in [4.69, 9.17) is 22.9 Å². The van der Waals surface area contributed by atoms with Gasteiger partial charge in [-0.1, -0.05) is 71.9 Å². The predicted molar refractivity (Wildman–Crippen MR) is 216 cm³/mol. The van der Waals surface area contributed by atoms with Crippen LogP contribution in [0.5, 0.6) is 0 Å². The first-order valence-electron chi connectivity index (χ1n) is 19.7. The van der Waals surface area contributed by atoms with Crippen molar-refractivity contribution in [2.24, 2.45) is 39.8 Å². The van der Waals surface area contributed by atoms with E-state index < -0.39 is 71.3 Å². The Morgan fingerprint density at radius 2 is 1.33 bits per heavy atom. The zero-order valence-corrected chi connectivity index (χ0v) is 33.6. The lowest BCUT2D eigenvalue weighted by Crippen LogP contribution is -2.55. The molecule has 18 nitrogen and oxygen atoms in total. The van der Waals surface area contributed by atoms with Gasteiger partial charge in [0, 0.05) is 25.3 Å². The summed E-state index contributed by atoms with van der Waals surface area (Å²) >= 11 is 0. The van der Waals surface area contributed by atoms with Gasteiger partial charge in [-0.2, -0.15) is 0 Å². The molecule has 0 radical (unpaired) electrons. The molecule has 1 aromatic heterocycles. The van der Waals surface area contributed by atoms with E-state index in [0.29, 0.717) is 56.0 Å². The number of guanidine groups is 1. The molecule has 314 valence electrons. The minimum atomic E-state index is -1.29. The van der Waals surface area contributed by atoms with Gasteiger partial charge in [0.15, 0.2) is 11.7 Å². The van der Waals surface area contributed by atoms with Crippen LogP contribution >= 0.6 is 0 Å². The normalized spacial score (nSPS) is 14.2. The van der Waals surface area contributed by atoms with Crippen molar-refractivity contribution in [3.8, 4) is 0 Å². The fourth-order valence-corrected chi connectivity index (χ4v) is 6.03. The largest absolute Gasteiger partial charge is 0.370 e. The third-order valence-corrected chi connectivity index (χ3v) is 9.66. The van der Waals surface area contributed by atoms with Gasteiger partial charge in [-0.3, -0.25) is 43.5 Å². The highest BCUT2D eigenvalue weighted by Crippen LogP contribution is 2.19. The molecule has 6 atom stereocenters. The van der Waals surface area contributed by atoms with Gasteiger partial charge in [0.1, 0.15) is 23.8 Å². The molecule has 0 saturated heterocycles. The Hall–Kier alpha value is -5.68. The number of carbonyl (C=O) groups excluding carboxylic acids is 7. The fraction of sp³-hybridized carbons (Fsp3) is 0.590. The van der Waals surface area contributed by atoms with Crippen LogP contribution in [0.1, 0.15) is 115 Å². The number of aliphatic imine (C=N–C) groups is 1. The number of rotatable bonds is 27. The number of nitrogens with one attached hydrogen (secondary N) is 4. The Morgan fingerprint density at radius 3 is 1.95 bits per heavy atom. The minimum Gasteiger partial charge on any atom is -0.370 e. The molecule has 0 spiro atoms. The summed E-state index contributed by atoms with van der Waals surface area (Å²) in [7, 11) is 0. The number of aromatic nitrogens is 2. The maximum atomic E-state index is 14.0. The predicted octanol–water partition coefficient (Wildman–Crippen LogP) is 0.989. The monoisotopic (exact) mass is 795 g/mol. The highest BCUT2D eigenvalue weighted by atomic mass is 16.2. The van der Waals surface area contributed by atoms with Crippen LogP contribution in [0.3, 0.4) is 0 Å². The van der Waals surface area contributed by atoms with Crippen molar-refractivity contribution >= 4 is 58.2 Å². The zero-order chi connectivity index (χ0) is 42.5. The molecule has 0 bridgehead atoms. The average Bonchev–Trinajstić information content (AvgIpc) is 3.18. The molecule has 12 N–H and O–H groups in total. The summed E-state index contributed by atoms with van der Waals surface area (Å²) < 4.78 is 0. The second-order valence-corrected chi connectivity index (χ2v) is 14.3. The quantitative estimate of drug-likeness (QED) is 0.0358. The van der Waals surface area contributed by atoms with Crippen LogP contribution in [0.25, 0.3) is 11.0 Å². The summed E-state index contributed by atoms with van der Waals surface area (Å²) in [5.74, 6) is -5.81. The number of unbranched alkanes of at least 4 members (excludes halogenated alkanes) is 2. The molecule has 18 heteroatoms. The maximum absolute atomic E-state index is 14.0. The summed E-state index contributed by atoms with van der Waals surface area (Å²) in [4.78, 5) is 105. The third-order valence-electron chi connectivity index (χ3n) is 9.66. The van der Waals surface area contributed by atoms with Crippen LogP contribution in [0.15, 0.2) is 35.5 Å². The molecule has 2 rings (SSSR count). The van der Waals surface area contributed by atoms with Gasteiger partial charge in [0.25, 0.3) is 5.91 Å². The number of benzene rings is 1. The molecular formula is C39H61N11O7. The SMILES string of the molecule is CCCCC(CC(=O)[C@H](CCCC)NC(=O)[C@@H](NC(=O)c1cnc2ccccc2n1)[C@@H](C)CC)C(=O)N[C@@H](CCC(N)=O)C(=O)N[C@@H](CCCN=C(N)N)C(N)=O. The van der Waals surface area contributed by atoms with Gasteiger partial charge in [-0.15, -0.1) is 0 Å². The third kappa shape index (κ3) is 16.5. The first-order chi connectivity index (χ1) is 27.1. The lowest BCUT2D eigenvalue weighted by atomic mass is 9.90. The van der Waals surface area contributed by atoms with E-state index in [-0.39, 0.29) is 49.8 Å². The zero-order valence-electron chi connectivity index (χ0n) is 33.6. The van der Waals surface area contributed by atoms with E-state index in [2.05, 4.69) is 36.2 Å². The fourth-order valence-electron chi connectivity index (χ4n) is 6.03. The van der Waals surface area contributed by atoms with E-state index in [1.54, 1.807) is 18.2 Å². The smallest absolute Gasteiger partial charge is 0.272 e. The summed E-state index contributed by atoms with van der Waals surface area (Å²) in [5, 5.41) is 10.8. The van der Waals surface area contributed by atoms with Gasteiger partial charge in [-0.05, 0) is 50.2 Å². The van der Waals surface area contributed by atoms with Crippen molar-refractivity contribution in [1.82, 2.24) is 31.2 Å². The van der Waals surface area contributed by atoms with E-state index >= 15 is 0 Å². The number of hydrogen-bond donors (Lipinski definition) is 8. The summed E-state index contributed by atoms with van der Waals surface area (Å²) in [6, 6.07) is 2.70. The lowest BCUT2D eigenvalue weighted by molar-refractivity contribution is -0.135. The molecule has 0 fully saturated rings. The Morgan fingerprint density at radius 1 is 0.719 bits per heavy atom. The molecule has 1 aromatic carbocycles. The van der Waals surface area contributed by atoms with Gasteiger partial charge in [0.2, 0.25) is 29.5 Å². The van der Waals surface area contributed by atoms with Gasteiger partial charge in [-0.25, -0.2) is 4.98 Å². The maximum Gasteiger partial charge on any atom is 0.272 e. The Kier molecular flexibility index (Phi) is 20.6. The van der Waals surface area contributed by atoms with Gasteiger partial charge in [0.05, 0.1) is 23.3 Å². The van der Waals surface area contributed by atoms with Crippen molar-refractivity contribution in [3.63, 3.8) is 0 Å². The van der Waals surface area contributed by atoms with Crippen LogP contribution in [0.2, 0.25) is 0 Å². The molecule has 1 heterocycles. The molecule has 57 heavy (non-hydrogen) atoms. The number of fused-ring (bicyclic) bond motifs is 1. The van der Waals surface area contributed by atoms with Gasteiger partial charge < -0.3 is 44.2 Å². The topological polar surface area (TPSA) is 310 Å². The van der Waals surface area contributed by atoms with E-state index in [1.165, 1.54) is 6.20 Å². The Bertz CT molecular complexity index is 1720. The Labute approximate surface area is 333 Å². The highest BCUT2D eigenvalue weighted by Gasteiger charge is 2.34. The first-order valence-corrected chi connectivity index (χ1v) is 19.7. The second-order valence-electron chi connectivity index (χ2n) is 14.3. The number of nitrogens with two attached hydrogens (primary N) is 4. The van der Waals surface area contributed by atoms with Crippen molar-refractivity contribution in [2.75, 3.05) is 6.54 Å². The molecule has 0 aliphatic carbocycles. The number of amides is 6. The summed E-state index contributed by atoms with van der Waals surface area (Å²) in [5.41, 5.74) is 22.7. The van der Waals surface area contributed by atoms with Crippen molar-refractivity contribution < 1.29 is 33.6 Å². The van der Waals surface area contributed by atoms with Crippen LogP contribution in [-0.4, -0.2) is 87.9 Å². The van der Waals surface area contributed by atoms with Crippen molar-refractivity contribution in [3.05, 3.63) is 36.2 Å². The number of nitrogens with zero attached hydrogens (tertiary/aromatic N) is 3. The minimum absolute atomic E-state index is 0.0361. The molecule has 0 saturated carbocycles. The van der Waals surface area contributed by atoms with E-state index in [1.807, 2.05) is 33.8 Å². The van der Waals surface area contributed by atoms with E-state index in [9.17, 15) is 33.6 Å². The molecular weight excluding hydrogens is 734 g/mol. The van der Waals surface area contributed by atoms with Crippen molar-refractivity contribution in [2.45, 2.75) is 129 Å². The standard InChI is InChI=1S/C39H61N11O7/c1-5-8-13-24(35(54)49-29(18-19-32(40)52)36(55)48-28(34(41)53)17-12-20-44-39(42)43)21-31(51)27(14-9-6-2)47-38(57)33(23(4)7-3)50-37(56)30-22-45-25-15-10-11-16-26(25)46-30/h10-11,15-16,22-24,27-29,33H,5-9,12-14,17-21H2,1-4H3,(H2,40,52)(H2,41,53)(H,47,57)(H,48,55)(H,49,54)(H,50,56)(H4,42,43,44)/t23-,24?,27-,28-,29-,33-/m0/s1. The van der Waals surface area contributed by atoms with Crippen LogP contribution < -0.4 is 44.2 Å². The van der Waals surface area contributed by atoms with Crippen molar-refractivity contribution in [1.29, 1.82) is 0 Å². The molecule has 2 aromatic rings. The highest BCUT2D eigenvalue weighted by molar-refractivity contribution is 5.99. The summed E-state index contributed by atoms with van der Waals surface area (Å²) in [6.07, 6.45) is 4.79. The van der Waals surface area contributed by atoms with Gasteiger partial charge >= 0.3 is 0 Å². The molecule has 6 amide bonds.